The number of benzene rings is 1. The van der Waals surface area contributed by atoms with Crippen molar-refractivity contribution in [1.82, 2.24) is 9.88 Å². The fraction of sp³-hybridized carbons (Fsp3) is 0.250. The van der Waals surface area contributed by atoms with Crippen molar-refractivity contribution in [3.05, 3.63) is 56.2 Å². The van der Waals surface area contributed by atoms with Gasteiger partial charge in [-0.15, -0.1) is 11.3 Å². The number of halogens is 1. The van der Waals surface area contributed by atoms with Crippen LogP contribution < -0.4 is 0 Å². The van der Waals surface area contributed by atoms with E-state index in [-0.39, 0.29) is 5.76 Å². The minimum atomic E-state index is 0.200. The van der Waals surface area contributed by atoms with Crippen molar-refractivity contribution >= 4 is 34.3 Å². The molecule has 1 aromatic carbocycles. The van der Waals surface area contributed by atoms with Crippen molar-refractivity contribution in [2.45, 2.75) is 20.4 Å². The topological polar surface area (TPSA) is 60.2 Å². The van der Waals surface area contributed by atoms with Gasteiger partial charge in [-0.3, -0.25) is 5.41 Å². The maximum Gasteiger partial charge on any atom is 0.135 e. The first-order chi connectivity index (χ1) is 10.5. The van der Waals surface area contributed by atoms with Crippen LogP contribution in [0.4, 0.5) is 0 Å². The molecule has 1 aliphatic rings. The van der Waals surface area contributed by atoms with E-state index in [4.69, 9.17) is 17.0 Å². The Kier molecular flexibility index (Phi) is 3.93. The summed E-state index contributed by atoms with van der Waals surface area (Å²) in [5.41, 5.74) is 2.42. The SMILES string of the molecule is Cc1nc(C2=C(O)CN(Cc3ccccc3Cl)C2=N)sc1C. The molecule has 22 heavy (non-hydrogen) atoms. The van der Waals surface area contributed by atoms with Gasteiger partial charge in [0, 0.05) is 16.4 Å². The van der Waals surface area contributed by atoms with Gasteiger partial charge < -0.3 is 10.0 Å². The fourth-order valence-corrected chi connectivity index (χ4v) is 3.58. The molecular formula is C16H16ClN3OS. The van der Waals surface area contributed by atoms with Gasteiger partial charge in [-0.1, -0.05) is 29.8 Å². The van der Waals surface area contributed by atoms with Crippen LogP contribution >= 0.6 is 22.9 Å². The van der Waals surface area contributed by atoms with Crippen LogP contribution in [0.1, 0.15) is 21.1 Å². The van der Waals surface area contributed by atoms with Gasteiger partial charge in [-0.05, 0) is 25.5 Å². The van der Waals surface area contributed by atoms with E-state index in [2.05, 4.69) is 4.98 Å². The van der Waals surface area contributed by atoms with Gasteiger partial charge in [0.15, 0.2) is 0 Å². The maximum absolute atomic E-state index is 10.3. The molecule has 4 nitrogen and oxygen atoms in total. The Hall–Kier alpha value is -1.85. The predicted octanol–water partition coefficient (Wildman–Crippen LogP) is 4.18. The molecule has 3 rings (SSSR count). The van der Waals surface area contributed by atoms with Gasteiger partial charge in [-0.25, -0.2) is 4.98 Å². The number of amidine groups is 1. The molecule has 0 aliphatic carbocycles. The zero-order chi connectivity index (χ0) is 15.9. The number of hydrogen-bond donors (Lipinski definition) is 2. The summed E-state index contributed by atoms with van der Waals surface area (Å²) in [5, 5.41) is 20.0. The molecule has 114 valence electrons. The van der Waals surface area contributed by atoms with E-state index >= 15 is 0 Å². The second-order valence-corrected chi connectivity index (χ2v) is 6.89. The third-order valence-electron chi connectivity index (χ3n) is 3.74. The highest BCUT2D eigenvalue weighted by Crippen LogP contribution is 2.32. The summed E-state index contributed by atoms with van der Waals surface area (Å²) < 4.78 is 0. The Balaban J connectivity index is 1.86. The summed E-state index contributed by atoms with van der Waals surface area (Å²) in [6, 6.07) is 7.56. The van der Waals surface area contributed by atoms with Gasteiger partial charge in [0.05, 0.1) is 17.8 Å². The summed E-state index contributed by atoms with van der Waals surface area (Å²) in [5.74, 6) is 0.497. The molecule has 0 saturated carbocycles. The largest absolute Gasteiger partial charge is 0.510 e. The lowest BCUT2D eigenvalue weighted by Gasteiger charge is -2.19. The van der Waals surface area contributed by atoms with E-state index < -0.39 is 0 Å². The van der Waals surface area contributed by atoms with Gasteiger partial charge in [0.25, 0.3) is 0 Å². The number of rotatable bonds is 3. The highest BCUT2D eigenvalue weighted by molar-refractivity contribution is 7.13. The average Bonchev–Trinajstić information content (AvgIpc) is 2.93. The Labute approximate surface area is 138 Å². The third kappa shape index (κ3) is 2.62. The molecule has 1 aromatic heterocycles. The van der Waals surface area contributed by atoms with Crippen LogP contribution in [0.3, 0.4) is 0 Å². The number of aromatic nitrogens is 1. The molecular weight excluding hydrogens is 318 g/mol. The summed E-state index contributed by atoms with van der Waals surface area (Å²) >= 11 is 7.69. The third-order valence-corrected chi connectivity index (χ3v) is 5.20. The first-order valence-electron chi connectivity index (χ1n) is 6.91. The summed E-state index contributed by atoms with van der Waals surface area (Å²) in [7, 11) is 0. The molecule has 2 heterocycles. The van der Waals surface area contributed by atoms with Crippen LogP contribution in [0.15, 0.2) is 30.0 Å². The van der Waals surface area contributed by atoms with E-state index in [0.29, 0.717) is 34.5 Å². The van der Waals surface area contributed by atoms with Crippen molar-refractivity contribution < 1.29 is 5.11 Å². The number of aliphatic hydroxyl groups is 1. The van der Waals surface area contributed by atoms with E-state index in [0.717, 1.165) is 16.1 Å². The van der Waals surface area contributed by atoms with E-state index in [1.807, 2.05) is 38.1 Å². The van der Waals surface area contributed by atoms with E-state index in [1.165, 1.54) is 11.3 Å². The summed E-state index contributed by atoms with van der Waals surface area (Å²) in [6.07, 6.45) is 0. The highest BCUT2D eigenvalue weighted by atomic mass is 35.5. The first kappa shape index (κ1) is 15.1. The molecule has 2 N–H and O–H groups in total. The zero-order valence-corrected chi connectivity index (χ0v) is 13.9. The summed E-state index contributed by atoms with van der Waals surface area (Å²) in [4.78, 5) is 7.37. The average molecular weight is 334 g/mol. The Bertz CT molecular complexity index is 762. The maximum atomic E-state index is 10.3. The smallest absolute Gasteiger partial charge is 0.135 e. The molecule has 0 bridgehead atoms. The van der Waals surface area contributed by atoms with Crippen LogP contribution in [0.2, 0.25) is 5.02 Å². The van der Waals surface area contributed by atoms with Crippen molar-refractivity contribution in [2.24, 2.45) is 0 Å². The lowest BCUT2D eigenvalue weighted by molar-refractivity contribution is 0.347. The molecule has 0 saturated heterocycles. The Morgan fingerprint density at radius 1 is 1.36 bits per heavy atom. The second-order valence-electron chi connectivity index (χ2n) is 5.28. The number of thiazole rings is 1. The van der Waals surface area contributed by atoms with Crippen molar-refractivity contribution in [1.29, 1.82) is 5.41 Å². The second kappa shape index (κ2) is 5.74. The monoisotopic (exact) mass is 333 g/mol. The number of aliphatic hydroxyl groups excluding tert-OH is 1. The van der Waals surface area contributed by atoms with Crippen LogP contribution in [-0.2, 0) is 6.54 Å². The molecule has 0 unspecified atom stereocenters. The van der Waals surface area contributed by atoms with Crippen molar-refractivity contribution in [3.8, 4) is 0 Å². The Morgan fingerprint density at radius 2 is 2.09 bits per heavy atom. The van der Waals surface area contributed by atoms with Crippen molar-refractivity contribution in [3.63, 3.8) is 0 Å². The van der Waals surface area contributed by atoms with Gasteiger partial charge in [0.2, 0.25) is 0 Å². The van der Waals surface area contributed by atoms with Gasteiger partial charge in [-0.2, -0.15) is 0 Å². The van der Waals surface area contributed by atoms with Crippen LogP contribution in [0, 0.1) is 19.3 Å². The standard InChI is InChI=1S/C16H16ClN3OS/c1-9-10(2)22-16(19-9)14-13(21)8-20(15(14)18)7-11-5-3-4-6-12(11)17/h3-6,18,21H,7-8H2,1-2H3. The van der Waals surface area contributed by atoms with Crippen molar-refractivity contribution in [2.75, 3.05) is 6.54 Å². The molecule has 1 aliphatic heterocycles. The molecule has 0 radical (unpaired) electrons. The fourth-order valence-electron chi connectivity index (χ4n) is 2.41. The minimum absolute atomic E-state index is 0.200. The molecule has 6 heteroatoms. The lowest BCUT2D eigenvalue weighted by atomic mass is 10.2. The number of nitrogens with one attached hydrogen (secondary N) is 1. The van der Waals surface area contributed by atoms with Crippen LogP contribution in [-0.4, -0.2) is 27.4 Å². The molecule has 0 fully saturated rings. The molecule has 0 atom stereocenters. The number of nitrogens with zero attached hydrogens (tertiary/aromatic N) is 2. The molecule has 0 spiro atoms. The lowest BCUT2D eigenvalue weighted by Crippen LogP contribution is -2.26. The molecule has 2 aromatic rings. The zero-order valence-electron chi connectivity index (χ0n) is 12.4. The molecule has 0 amide bonds. The first-order valence-corrected chi connectivity index (χ1v) is 8.10. The van der Waals surface area contributed by atoms with E-state index in [9.17, 15) is 5.11 Å². The number of hydrogen-bond acceptors (Lipinski definition) is 4. The van der Waals surface area contributed by atoms with Gasteiger partial charge in [0.1, 0.15) is 16.6 Å². The quantitative estimate of drug-likeness (QED) is 0.886. The Morgan fingerprint density at radius 3 is 2.73 bits per heavy atom. The normalized spacial score (nSPS) is 15.0. The predicted molar refractivity (Wildman–Crippen MR) is 90.7 cm³/mol. The van der Waals surface area contributed by atoms with Crippen LogP contribution in [0.25, 0.3) is 5.57 Å². The van der Waals surface area contributed by atoms with Gasteiger partial charge >= 0.3 is 0 Å². The highest BCUT2D eigenvalue weighted by Gasteiger charge is 2.30. The summed E-state index contributed by atoms with van der Waals surface area (Å²) in [6.45, 7) is 4.74. The number of aryl methyl sites for hydroxylation is 2. The van der Waals surface area contributed by atoms with E-state index in [1.54, 1.807) is 4.90 Å². The van der Waals surface area contributed by atoms with Crippen LogP contribution in [0.5, 0.6) is 0 Å². The minimum Gasteiger partial charge on any atom is -0.510 e.